The van der Waals surface area contributed by atoms with Crippen molar-refractivity contribution in [2.24, 2.45) is 0 Å². The van der Waals surface area contributed by atoms with Crippen molar-refractivity contribution in [1.29, 1.82) is 0 Å². The molecule has 3 nitrogen and oxygen atoms in total. The van der Waals surface area contributed by atoms with E-state index in [0.717, 1.165) is 11.3 Å². The number of halogens is 1. The summed E-state index contributed by atoms with van der Waals surface area (Å²) in [5.41, 5.74) is 2.17. The Labute approximate surface area is 124 Å². The van der Waals surface area contributed by atoms with Crippen LogP contribution in [0.4, 0.5) is 0 Å². The van der Waals surface area contributed by atoms with Gasteiger partial charge in [-0.2, -0.15) is 0 Å². The summed E-state index contributed by atoms with van der Waals surface area (Å²) < 4.78 is 0.717. The number of thioether (sulfide) groups is 1. The van der Waals surface area contributed by atoms with Gasteiger partial charge >= 0.3 is 5.97 Å². The SMILES string of the molecule is Cc1nc(SCc2ccccc2)c(C(=O)O)cc1Br. The molecule has 0 saturated carbocycles. The molecule has 0 spiro atoms. The molecule has 0 fully saturated rings. The Hall–Kier alpha value is -1.33. The maximum absolute atomic E-state index is 11.2. The number of rotatable bonds is 4. The van der Waals surface area contributed by atoms with Crippen LogP contribution in [-0.2, 0) is 5.75 Å². The minimum atomic E-state index is -0.955. The second-order valence-electron chi connectivity index (χ2n) is 3.99. The first-order valence-electron chi connectivity index (χ1n) is 5.65. The number of aromatic carboxylic acids is 1. The van der Waals surface area contributed by atoms with Crippen molar-refractivity contribution in [1.82, 2.24) is 4.98 Å². The third kappa shape index (κ3) is 3.58. The van der Waals surface area contributed by atoms with E-state index in [1.807, 2.05) is 37.3 Å². The van der Waals surface area contributed by atoms with Crippen LogP contribution in [0.15, 0.2) is 45.9 Å². The molecule has 0 atom stereocenters. The van der Waals surface area contributed by atoms with Gasteiger partial charge < -0.3 is 5.11 Å². The summed E-state index contributed by atoms with van der Waals surface area (Å²) in [6.45, 7) is 1.85. The molecule has 0 amide bonds. The average Bonchev–Trinajstić information content (AvgIpc) is 2.40. The molecular weight excluding hydrogens is 326 g/mol. The molecule has 1 aromatic heterocycles. The lowest BCUT2D eigenvalue weighted by molar-refractivity contribution is 0.0692. The number of hydrogen-bond acceptors (Lipinski definition) is 3. The normalized spacial score (nSPS) is 10.4. The number of benzene rings is 1. The average molecular weight is 338 g/mol. The number of aromatic nitrogens is 1. The molecule has 0 bridgehead atoms. The summed E-state index contributed by atoms with van der Waals surface area (Å²) in [5.74, 6) is -0.251. The number of aryl methyl sites for hydroxylation is 1. The maximum Gasteiger partial charge on any atom is 0.338 e. The number of carboxylic acids is 1. The zero-order valence-electron chi connectivity index (χ0n) is 10.3. The van der Waals surface area contributed by atoms with E-state index < -0.39 is 5.97 Å². The minimum Gasteiger partial charge on any atom is -0.478 e. The zero-order valence-corrected chi connectivity index (χ0v) is 12.7. The van der Waals surface area contributed by atoms with Gasteiger partial charge in [0.15, 0.2) is 0 Å². The number of nitrogens with zero attached hydrogens (tertiary/aromatic N) is 1. The van der Waals surface area contributed by atoms with Crippen molar-refractivity contribution in [3.8, 4) is 0 Å². The van der Waals surface area contributed by atoms with Gasteiger partial charge in [0.25, 0.3) is 0 Å². The first kappa shape index (κ1) is 14.1. The fraction of sp³-hybridized carbons (Fsp3) is 0.143. The Bertz CT molecular complexity index is 602. The Morgan fingerprint density at radius 1 is 1.37 bits per heavy atom. The summed E-state index contributed by atoms with van der Waals surface area (Å²) >= 11 is 4.75. The van der Waals surface area contributed by atoms with E-state index in [2.05, 4.69) is 20.9 Å². The predicted molar refractivity (Wildman–Crippen MR) is 79.6 cm³/mol. The van der Waals surface area contributed by atoms with Crippen molar-refractivity contribution in [2.45, 2.75) is 17.7 Å². The highest BCUT2D eigenvalue weighted by Crippen LogP contribution is 2.28. The van der Waals surface area contributed by atoms with Gasteiger partial charge in [-0.15, -0.1) is 11.8 Å². The van der Waals surface area contributed by atoms with Crippen molar-refractivity contribution in [3.63, 3.8) is 0 Å². The van der Waals surface area contributed by atoms with Crippen LogP contribution in [0.3, 0.4) is 0 Å². The maximum atomic E-state index is 11.2. The molecule has 0 saturated heterocycles. The second kappa shape index (κ2) is 6.21. The van der Waals surface area contributed by atoms with Gasteiger partial charge in [-0.3, -0.25) is 0 Å². The fourth-order valence-corrected chi connectivity index (χ4v) is 2.86. The van der Waals surface area contributed by atoms with E-state index >= 15 is 0 Å². The summed E-state index contributed by atoms with van der Waals surface area (Å²) in [5, 5.41) is 9.76. The highest BCUT2D eigenvalue weighted by molar-refractivity contribution is 9.10. The smallest absolute Gasteiger partial charge is 0.338 e. The van der Waals surface area contributed by atoms with Crippen LogP contribution in [-0.4, -0.2) is 16.1 Å². The third-order valence-corrected chi connectivity index (χ3v) is 4.43. The molecule has 0 aliphatic rings. The zero-order chi connectivity index (χ0) is 13.8. The Morgan fingerprint density at radius 2 is 2.05 bits per heavy atom. The van der Waals surface area contributed by atoms with Gasteiger partial charge in [-0.25, -0.2) is 9.78 Å². The van der Waals surface area contributed by atoms with Gasteiger partial charge in [-0.1, -0.05) is 30.3 Å². The number of carboxylic acid groups (broad SMARTS) is 1. The van der Waals surface area contributed by atoms with Gasteiger partial charge in [0.2, 0.25) is 0 Å². The molecule has 1 N–H and O–H groups in total. The molecule has 98 valence electrons. The van der Waals surface area contributed by atoms with E-state index in [1.165, 1.54) is 11.8 Å². The first-order chi connectivity index (χ1) is 9.08. The van der Waals surface area contributed by atoms with Crippen LogP contribution in [0.1, 0.15) is 21.6 Å². The molecular formula is C14H12BrNO2S. The molecule has 19 heavy (non-hydrogen) atoms. The van der Waals surface area contributed by atoms with Crippen LogP contribution in [0.2, 0.25) is 0 Å². The van der Waals surface area contributed by atoms with Crippen LogP contribution in [0.5, 0.6) is 0 Å². The number of carbonyl (C=O) groups is 1. The Balaban J connectivity index is 2.24. The lowest BCUT2D eigenvalue weighted by atomic mass is 10.2. The summed E-state index contributed by atoms with van der Waals surface area (Å²) in [6.07, 6.45) is 0. The number of pyridine rings is 1. The van der Waals surface area contributed by atoms with Crippen LogP contribution < -0.4 is 0 Å². The molecule has 0 radical (unpaired) electrons. The lowest BCUT2D eigenvalue weighted by Crippen LogP contribution is -2.03. The van der Waals surface area contributed by atoms with Gasteiger partial charge in [0.1, 0.15) is 5.03 Å². The minimum absolute atomic E-state index is 0.235. The highest BCUT2D eigenvalue weighted by atomic mass is 79.9. The lowest BCUT2D eigenvalue weighted by Gasteiger charge is -2.08. The molecule has 0 aliphatic heterocycles. The van der Waals surface area contributed by atoms with Crippen LogP contribution in [0, 0.1) is 6.92 Å². The van der Waals surface area contributed by atoms with Gasteiger partial charge in [0.05, 0.1) is 11.3 Å². The summed E-state index contributed by atoms with van der Waals surface area (Å²) in [4.78, 5) is 15.6. The summed E-state index contributed by atoms with van der Waals surface area (Å²) in [7, 11) is 0. The molecule has 2 rings (SSSR count). The van der Waals surface area contributed by atoms with Gasteiger partial charge in [-0.05, 0) is 34.5 Å². The molecule has 1 aromatic carbocycles. The predicted octanol–water partition coefficient (Wildman–Crippen LogP) is 4.14. The standard InChI is InChI=1S/C14H12BrNO2S/c1-9-12(15)7-11(14(17)18)13(16-9)19-8-10-5-3-2-4-6-10/h2-7H,8H2,1H3,(H,17,18). The third-order valence-electron chi connectivity index (χ3n) is 2.57. The monoisotopic (exact) mass is 337 g/mol. The van der Waals surface area contributed by atoms with Gasteiger partial charge in [0, 0.05) is 10.2 Å². The second-order valence-corrected chi connectivity index (χ2v) is 5.81. The van der Waals surface area contributed by atoms with Crippen molar-refractivity contribution in [3.05, 3.63) is 57.7 Å². The molecule has 5 heteroatoms. The van der Waals surface area contributed by atoms with E-state index in [0.29, 0.717) is 15.3 Å². The topological polar surface area (TPSA) is 50.2 Å². The summed E-state index contributed by atoms with van der Waals surface area (Å²) in [6, 6.07) is 11.5. The van der Waals surface area contributed by atoms with E-state index in [1.54, 1.807) is 6.07 Å². The number of hydrogen-bond donors (Lipinski definition) is 1. The Kier molecular flexibility index (Phi) is 4.61. The fourth-order valence-electron chi connectivity index (χ4n) is 1.55. The molecule has 0 aliphatic carbocycles. The van der Waals surface area contributed by atoms with Crippen LogP contribution in [0.25, 0.3) is 0 Å². The molecule has 0 unspecified atom stereocenters. The largest absolute Gasteiger partial charge is 0.478 e. The Morgan fingerprint density at radius 3 is 2.68 bits per heavy atom. The first-order valence-corrected chi connectivity index (χ1v) is 7.43. The molecule has 2 aromatic rings. The van der Waals surface area contributed by atoms with Crippen molar-refractivity contribution >= 4 is 33.7 Å². The van der Waals surface area contributed by atoms with E-state index in [4.69, 9.17) is 0 Å². The van der Waals surface area contributed by atoms with E-state index in [-0.39, 0.29) is 5.56 Å². The molecule has 1 heterocycles. The quantitative estimate of drug-likeness (QED) is 0.851. The highest BCUT2D eigenvalue weighted by Gasteiger charge is 2.14. The van der Waals surface area contributed by atoms with Crippen LogP contribution >= 0.6 is 27.7 Å². The van der Waals surface area contributed by atoms with Crippen molar-refractivity contribution in [2.75, 3.05) is 0 Å². The van der Waals surface area contributed by atoms with Crippen molar-refractivity contribution < 1.29 is 9.90 Å². The van der Waals surface area contributed by atoms with E-state index in [9.17, 15) is 9.90 Å².